The Bertz CT molecular complexity index is 1530. The highest BCUT2D eigenvalue weighted by Gasteiger charge is 2.46. The van der Waals surface area contributed by atoms with Crippen LogP contribution in [0, 0.1) is 17.0 Å². The van der Waals surface area contributed by atoms with E-state index in [1.807, 2.05) is 20.8 Å². The van der Waals surface area contributed by atoms with E-state index < -0.39 is 55.8 Å². The summed E-state index contributed by atoms with van der Waals surface area (Å²) in [4.78, 5) is 30.2. The van der Waals surface area contributed by atoms with E-state index in [2.05, 4.69) is 9.74 Å². The molecule has 1 saturated heterocycles. The van der Waals surface area contributed by atoms with Crippen molar-refractivity contribution in [2.75, 3.05) is 19.3 Å². The fourth-order valence-corrected chi connectivity index (χ4v) is 6.18. The summed E-state index contributed by atoms with van der Waals surface area (Å²) in [6.45, 7) is 7.02. The maximum atomic E-state index is 15.4. The lowest BCUT2D eigenvalue weighted by atomic mass is 9.81. The molecule has 0 bridgehead atoms. The maximum absolute atomic E-state index is 15.4. The van der Waals surface area contributed by atoms with Crippen molar-refractivity contribution in [1.82, 2.24) is 9.37 Å². The third-order valence-corrected chi connectivity index (χ3v) is 8.48. The first-order valence-electron chi connectivity index (χ1n) is 13.3. The summed E-state index contributed by atoms with van der Waals surface area (Å²) in [5, 5.41) is 0.274. The molecule has 1 aliphatic heterocycles. The van der Waals surface area contributed by atoms with E-state index in [0.717, 1.165) is 12.1 Å². The number of piperidine rings is 1. The Morgan fingerprint density at radius 1 is 1.14 bits per heavy atom. The second kappa shape index (κ2) is 11.8. The number of rotatable bonds is 7. The summed E-state index contributed by atoms with van der Waals surface area (Å²) in [7, 11) is -4.88. The molecule has 1 amide bonds. The monoisotopic (exact) mass is 652 g/mol. The molecule has 0 aromatic heterocycles. The number of benzene rings is 2. The zero-order valence-electron chi connectivity index (χ0n) is 23.7. The minimum Gasteiger partial charge on any atom is -0.489 e. The van der Waals surface area contributed by atoms with Gasteiger partial charge in [-0.15, -0.1) is 0 Å². The van der Waals surface area contributed by atoms with Crippen LogP contribution in [0.15, 0.2) is 30.3 Å². The quantitative estimate of drug-likeness (QED) is 0.261. The molecule has 43 heavy (non-hydrogen) atoms. The van der Waals surface area contributed by atoms with Crippen LogP contribution in [0.2, 0.25) is 5.02 Å². The standard InChI is InChI=1S/C28H30ClF5N2O6S/c1-15(19-8-7-17(30)9-22(19)29)35-13-18(12-27(2,3)14-35)41-24-11-23(31)21(10-20(24)16-5-6-16)25(37)36(43(4,39)40)42-26(38)28(32,33)34/h7-11,15-16,18H,5-6,12-14H2,1-4H3/t15-,18-/m1/s1. The van der Waals surface area contributed by atoms with Crippen LogP contribution in [-0.2, 0) is 19.7 Å². The van der Waals surface area contributed by atoms with Gasteiger partial charge in [0, 0.05) is 30.2 Å². The Labute approximate surface area is 250 Å². The fourth-order valence-electron chi connectivity index (χ4n) is 5.25. The number of carbonyl (C=O) groups excluding carboxylic acids is 2. The van der Waals surface area contributed by atoms with Gasteiger partial charge >= 0.3 is 18.1 Å². The number of hydrogen-bond acceptors (Lipinski definition) is 7. The normalized spacial score (nSPS) is 19.9. The average Bonchev–Trinajstić information content (AvgIpc) is 3.69. The van der Waals surface area contributed by atoms with Gasteiger partial charge in [-0.2, -0.15) is 13.2 Å². The lowest BCUT2D eigenvalue weighted by molar-refractivity contribution is -0.216. The van der Waals surface area contributed by atoms with Crippen molar-refractivity contribution >= 4 is 33.5 Å². The number of carbonyl (C=O) groups is 2. The predicted molar refractivity (Wildman–Crippen MR) is 146 cm³/mol. The van der Waals surface area contributed by atoms with Crippen molar-refractivity contribution in [3.63, 3.8) is 0 Å². The van der Waals surface area contributed by atoms with Crippen LogP contribution in [0.4, 0.5) is 22.0 Å². The van der Waals surface area contributed by atoms with Crippen molar-refractivity contribution in [2.24, 2.45) is 5.41 Å². The second-order valence-electron chi connectivity index (χ2n) is 11.7. The largest absolute Gasteiger partial charge is 0.493 e. The molecule has 8 nitrogen and oxygen atoms in total. The number of nitrogens with zero attached hydrogens (tertiary/aromatic N) is 2. The van der Waals surface area contributed by atoms with Crippen molar-refractivity contribution in [2.45, 2.75) is 64.3 Å². The van der Waals surface area contributed by atoms with E-state index in [9.17, 15) is 35.6 Å². The van der Waals surface area contributed by atoms with Gasteiger partial charge in [0.1, 0.15) is 23.5 Å². The van der Waals surface area contributed by atoms with Crippen molar-refractivity contribution in [3.05, 3.63) is 63.7 Å². The molecule has 0 N–H and O–H groups in total. The highest BCUT2D eigenvalue weighted by Crippen LogP contribution is 2.46. The Morgan fingerprint density at radius 2 is 1.79 bits per heavy atom. The number of hydrogen-bond donors (Lipinski definition) is 0. The average molecular weight is 653 g/mol. The molecule has 4 rings (SSSR count). The van der Waals surface area contributed by atoms with Gasteiger partial charge in [-0.3, -0.25) is 9.69 Å². The molecule has 0 spiro atoms. The summed E-state index contributed by atoms with van der Waals surface area (Å²) >= 11 is 6.31. The van der Waals surface area contributed by atoms with Gasteiger partial charge in [0.25, 0.3) is 10.0 Å². The zero-order chi connectivity index (χ0) is 32.1. The molecule has 2 atom stereocenters. The minimum atomic E-state index is -5.61. The number of halogens is 6. The summed E-state index contributed by atoms with van der Waals surface area (Å²) in [5.74, 6) is -6.58. The van der Waals surface area contributed by atoms with Gasteiger partial charge in [-0.05, 0) is 66.8 Å². The Balaban J connectivity index is 1.63. The number of ether oxygens (including phenoxy) is 1. The molecule has 0 unspecified atom stereocenters. The predicted octanol–water partition coefficient (Wildman–Crippen LogP) is 6.16. The molecule has 236 valence electrons. The highest BCUT2D eigenvalue weighted by atomic mass is 35.5. The minimum absolute atomic E-state index is 0.102. The number of amides is 1. The van der Waals surface area contributed by atoms with Crippen molar-refractivity contribution < 1.29 is 49.5 Å². The van der Waals surface area contributed by atoms with Crippen LogP contribution in [0.5, 0.6) is 5.75 Å². The Kier molecular flexibility index (Phi) is 9.07. The van der Waals surface area contributed by atoms with Gasteiger partial charge in [0.05, 0.1) is 11.8 Å². The zero-order valence-corrected chi connectivity index (χ0v) is 25.2. The van der Waals surface area contributed by atoms with Crippen LogP contribution in [0.3, 0.4) is 0 Å². The lowest BCUT2D eigenvalue weighted by Crippen LogP contribution is -2.50. The summed E-state index contributed by atoms with van der Waals surface area (Å²) in [6.07, 6.45) is -3.88. The number of alkyl halides is 3. The molecule has 1 saturated carbocycles. The molecule has 2 aromatic carbocycles. The van der Waals surface area contributed by atoms with Gasteiger partial charge in [0.2, 0.25) is 0 Å². The maximum Gasteiger partial charge on any atom is 0.493 e. The third-order valence-electron chi connectivity index (χ3n) is 7.31. The summed E-state index contributed by atoms with van der Waals surface area (Å²) in [5.41, 5.74) is -0.0885. The summed E-state index contributed by atoms with van der Waals surface area (Å²) < 4.78 is 96.8. The molecular formula is C28H30ClF5N2O6S. The van der Waals surface area contributed by atoms with Gasteiger partial charge < -0.3 is 9.57 Å². The first kappa shape index (κ1) is 32.9. The molecule has 1 heterocycles. The Morgan fingerprint density at radius 3 is 2.35 bits per heavy atom. The topological polar surface area (TPSA) is 93.2 Å². The van der Waals surface area contributed by atoms with Crippen LogP contribution in [-0.4, -0.2) is 61.3 Å². The molecule has 1 aliphatic carbocycles. The van der Waals surface area contributed by atoms with E-state index in [1.54, 1.807) is 6.07 Å². The SMILES string of the molecule is C[C@H](c1ccc(F)cc1Cl)N1C[C@H](Oc2cc(F)c(C(=O)N(OC(=O)C(F)(F)F)S(C)(=O)=O)cc2C2CC2)CC(C)(C)C1. The molecule has 2 aliphatic rings. The van der Waals surface area contributed by atoms with Gasteiger partial charge in [-0.1, -0.05) is 36.0 Å². The van der Waals surface area contributed by atoms with Crippen molar-refractivity contribution in [3.8, 4) is 5.75 Å². The fraction of sp³-hybridized carbons (Fsp3) is 0.500. The number of hydroxylamine groups is 1. The molecule has 0 radical (unpaired) electrons. The van der Waals surface area contributed by atoms with Gasteiger partial charge in [-0.25, -0.2) is 22.0 Å². The summed E-state index contributed by atoms with van der Waals surface area (Å²) in [6, 6.07) is 5.86. The van der Waals surface area contributed by atoms with Gasteiger partial charge in [0.15, 0.2) is 0 Å². The van der Waals surface area contributed by atoms with E-state index in [4.69, 9.17) is 16.3 Å². The number of likely N-dealkylation sites (tertiary alicyclic amines) is 1. The van der Waals surface area contributed by atoms with Crippen LogP contribution >= 0.6 is 11.6 Å². The van der Waals surface area contributed by atoms with Crippen LogP contribution in [0.1, 0.15) is 73.5 Å². The second-order valence-corrected chi connectivity index (χ2v) is 13.9. The molecule has 15 heteroatoms. The van der Waals surface area contributed by atoms with E-state index in [0.29, 0.717) is 49.7 Å². The molecule has 2 aromatic rings. The third kappa shape index (κ3) is 7.76. The molecular weight excluding hydrogens is 623 g/mol. The lowest BCUT2D eigenvalue weighted by Gasteiger charge is -2.45. The Hall–Kier alpha value is -2.97. The van der Waals surface area contributed by atoms with E-state index in [1.165, 1.54) is 12.1 Å². The van der Waals surface area contributed by atoms with E-state index >= 15 is 4.39 Å². The smallest absolute Gasteiger partial charge is 0.489 e. The number of sulfonamides is 1. The molecule has 2 fully saturated rings. The first-order chi connectivity index (χ1) is 19.8. The highest BCUT2D eigenvalue weighted by molar-refractivity contribution is 7.88. The first-order valence-corrected chi connectivity index (χ1v) is 15.5. The van der Waals surface area contributed by atoms with Crippen LogP contribution in [0.25, 0.3) is 0 Å². The van der Waals surface area contributed by atoms with Crippen LogP contribution < -0.4 is 4.74 Å². The van der Waals surface area contributed by atoms with E-state index in [-0.39, 0.29) is 28.1 Å². The van der Waals surface area contributed by atoms with Crippen molar-refractivity contribution in [1.29, 1.82) is 0 Å².